The van der Waals surface area contributed by atoms with Crippen LogP contribution in [0.4, 0.5) is 0 Å². The van der Waals surface area contributed by atoms with E-state index < -0.39 is 0 Å². The number of carbonyl (C=O) groups is 1. The van der Waals surface area contributed by atoms with Gasteiger partial charge in [0.25, 0.3) is 0 Å². The number of rotatable bonds is 4. The minimum absolute atomic E-state index is 0.469. The van der Waals surface area contributed by atoms with Crippen LogP contribution in [0.2, 0.25) is 0 Å². The van der Waals surface area contributed by atoms with E-state index in [9.17, 15) is 4.79 Å². The first-order valence-electron chi connectivity index (χ1n) is 8.74. The van der Waals surface area contributed by atoms with Crippen molar-refractivity contribution in [2.45, 2.75) is 51.9 Å². The lowest BCUT2D eigenvalue weighted by atomic mass is 9.51. The third-order valence-corrected chi connectivity index (χ3v) is 6.41. The van der Waals surface area contributed by atoms with Gasteiger partial charge in [0.15, 0.2) is 0 Å². The summed E-state index contributed by atoms with van der Waals surface area (Å²) in [5.41, 5.74) is 2.46. The largest absolute Gasteiger partial charge is 0.299 e. The average Bonchev–Trinajstić information content (AvgIpc) is 2.45. The van der Waals surface area contributed by atoms with Crippen LogP contribution >= 0.6 is 0 Å². The number of hydrogen-bond donors (Lipinski definition) is 0. The zero-order valence-electron chi connectivity index (χ0n) is 13.1. The maximum absolute atomic E-state index is 12.5. The van der Waals surface area contributed by atoms with E-state index >= 15 is 0 Å². The van der Waals surface area contributed by atoms with Crippen LogP contribution in [-0.4, -0.2) is 5.78 Å². The third kappa shape index (κ3) is 2.67. The monoisotopic (exact) mass is 282 g/mol. The molecule has 112 valence electrons. The summed E-state index contributed by atoms with van der Waals surface area (Å²) in [6.07, 6.45) is 8.69. The molecule has 4 aliphatic rings. The van der Waals surface area contributed by atoms with E-state index in [1.807, 2.05) is 0 Å². The van der Waals surface area contributed by atoms with Crippen molar-refractivity contribution < 1.29 is 4.79 Å². The first-order valence-corrected chi connectivity index (χ1v) is 8.74. The highest BCUT2D eigenvalue weighted by Gasteiger charge is 2.48. The quantitative estimate of drug-likeness (QED) is 0.790. The third-order valence-electron chi connectivity index (χ3n) is 6.41. The molecule has 21 heavy (non-hydrogen) atoms. The molecule has 4 saturated carbocycles. The Bertz CT molecular complexity index is 499. The van der Waals surface area contributed by atoms with Gasteiger partial charge >= 0.3 is 0 Å². The van der Waals surface area contributed by atoms with E-state index in [1.54, 1.807) is 0 Å². The van der Waals surface area contributed by atoms with Crippen LogP contribution in [-0.2, 0) is 11.2 Å². The molecule has 0 aromatic heterocycles. The first kappa shape index (κ1) is 13.5. The Balaban J connectivity index is 1.39. The topological polar surface area (TPSA) is 17.1 Å². The van der Waals surface area contributed by atoms with Gasteiger partial charge in [0.2, 0.25) is 0 Å². The molecule has 5 rings (SSSR count). The molecule has 0 radical (unpaired) electrons. The van der Waals surface area contributed by atoms with Gasteiger partial charge in [0, 0.05) is 12.8 Å². The molecular formula is C20H26O. The van der Waals surface area contributed by atoms with Crippen LogP contribution < -0.4 is 0 Å². The highest BCUT2D eigenvalue weighted by Crippen LogP contribution is 2.57. The van der Waals surface area contributed by atoms with E-state index in [2.05, 4.69) is 31.2 Å². The van der Waals surface area contributed by atoms with Gasteiger partial charge in [-0.05, 0) is 74.2 Å². The fourth-order valence-electron chi connectivity index (χ4n) is 5.64. The van der Waals surface area contributed by atoms with Crippen molar-refractivity contribution in [3.05, 3.63) is 35.4 Å². The Morgan fingerprint density at radius 1 is 0.952 bits per heavy atom. The van der Waals surface area contributed by atoms with Gasteiger partial charge < -0.3 is 0 Å². The highest BCUT2D eigenvalue weighted by atomic mass is 16.1. The Morgan fingerprint density at radius 3 is 2.10 bits per heavy atom. The SMILES string of the molecule is Cc1ccc(CC(=O)CC2C3CC4CC(C3)CC2C4)cc1. The summed E-state index contributed by atoms with van der Waals surface area (Å²) in [4.78, 5) is 12.5. The number of carbonyl (C=O) groups excluding carboxylic acids is 1. The smallest absolute Gasteiger partial charge is 0.137 e. The van der Waals surface area contributed by atoms with Crippen molar-refractivity contribution in [1.82, 2.24) is 0 Å². The molecule has 0 heterocycles. The minimum Gasteiger partial charge on any atom is -0.299 e. The molecule has 1 aromatic rings. The highest BCUT2D eigenvalue weighted by molar-refractivity contribution is 5.81. The predicted molar refractivity (Wildman–Crippen MR) is 85.0 cm³/mol. The Labute approximate surface area is 128 Å². The van der Waals surface area contributed by atoms with Crippen LogP contribution in [0, 0.1) is 36.5 Å². The van der Waals surface area contributed by atoms with Crippen molar-refractivity contribution >= 4 is 5.78 Å². The van der Waals surface area contributed by atoms with Gasteiger partial charge in [-0.25, -0.2) is 0 Å². The van der Waals surface area contributed by atoms with Crippen LogP contribution in [0.3, 0.4) is 0 Å². The van der Waals surface area contributed by atoms with Gasteiger partial charge in [-0.3, -0.25) is 4.79 Å². The molecule has 0 amide bonds. The minimum atomic E-state index is 0.469. The Hall–Kier alpha value is -1.11. The number of Topliss-reactive ketones (excluding diaryl/α,β-unsaturated/α-hetero) is 1. The summed E-state index contributed by atoms with van der Waals surface area (Å²) >= 11 is 0. The lowest BCUT2D eigenvalue weighted by Gasteiger charge is -2.54. The average molecular weight is 282 g/mol. The number of hydrogen-bond acceptors (Lipinski definition) is 1. The zero-order valence-corrected chi connectivity index (χ0v) is 13.1. The van der Waals surface area contributed by atoms with E-state index in [0.717, 1.165) is 36.0 Å². The summed E-state index contributed by atoms with van der Waals surface area (Å²) in [5.74, 6) is 4.96. The first-order chi connectivity index (χ1) is 10.2. The van der Waals surface area contributed by atoms with Crippen molar-refractivity contribution in [1.29, 1.82) is 0 Å². The van der Waals surface area contributed by atoms with E-state index in [1.165, 1.54) is 43.2 Å². The number of benzene rings is 1. The van der Waals surface area contributed by atoms with Crippen molar-refractivity contribution in [3.63, 3.8) is 0 Å². The summed E-state index contributed by atoms with van der Waals surface area (Å²) in [6, 6.07) is 8.46. The van der Waals surface area contributed by atoms with Crippen molar-refractivity contribution in [2.75, 3.05) is 0 Å². The summed E-state index contributed by atoms with van der Waals surface area (Å²) in [7, 11) is 0. The normalized spacial score (nSPS) is 36.9. The number of aryl methyl sites for hydroxylation is 1. The molecule has 0 saturated heterocycles. The fraction of sp³-hybridized carbons (Fsp3) is 0.650. The molecule has 0 spiro atoms. The second-order valence-electron chi connectivity index (χ2n) is 8.00. The lowest BCUT2D eigenvalue weighted by molar-refractivity contribution is -0.123. The van der Waals surface area contributed by atoms with Gasteiger partial charge in [-0.2, -0.15) is 0 Å². The zero-order chi connectivity index (χ0) is 14.4. The van der Waals surface area contributed by atoms with E-state index in [-0.39, 0.29) is 0 Å². The molecule has 1 heteroatoms. The summed E-state index contributed by atoms with van der Waals surface area (Å²) in [5, 5.41) is 0. The lowest BCUT2D eigenvalue weighted by Crippen LogP contribution is -2.45. The standard InChI is InChI=1S/C20H26O/c1-13-2-4-14(5-3-13)11-19(21)12-20-17-7-15-6-16(9-17)10-18(20)8-15/h2-5,15-18,20H,6-12H2,1H3. The molecule has 0 N–H and O–H groups in total. The molecular weight excluding hydrogens is 256 g/mol. The Morgan fingerprint density at radius 2 is 1.52 bits per heavy atom. The second kappa shape index (κ2) is 5.26. The van der Waals surface area contributed by atoms with Gasteiger partial charge in [-0.15, -0.1) is 0 Å². The van der Waals surface area contributed by atoms with Crippen LogP contribution in [0.15, 0.2) is 24.3 Å². The maximum atomic E-state index is 12.5. The van der Waals surface area contributed by atoms with Crippen LogP contribution in [0.1, 0.15) is 49.7 Å². The van der Waals surface area contributed by atoms with Gasteiger partial charge in [-0.1, -0.05) is 29.8 Å². The molecule has 0 unspecified atom stereocenters. The van der Waals surface area contributed by atoms with Crippen LogP contribution in [0.5, 0.6) is 0 Å². The maximum Gasteiger partial charge on any atom is 0.137 e. The number of ketones is 1. The van der Waals surface area contributed by atoms with Crippen molar-refractivity contribution in [3.8, 4) is 0 Å². The summed E-state index contributed by atoms with van der Waals surface area (Å²) < 4.78 is 0. The van der Waals surface area contributed by atoms with Crippen LogP contribution in [0.25, 0.3) is 0 Å². The molecule has 0 aliphatic heterocycles. The molecule has 0 atom stereocenters. The molecule has 4 aliphatic carbocycles. The van der Waals surface area contributed by atoms with E-state index in [0.29, 0.717) is 12.2 Å². The van der Waals surface area contributed by atoms with E-state index in [4.69, 9.17) is 0 Å². The van der Waals surface area contributed by atoms with Gasteiger partial charge in [0.05, 0.1) is 0 Å². The fourth-order valence-corrected chi connectivity index (χ4v) is 5.64. The predicted octanol–water partition coefficient (Wildman–Crippen LogP) is 4.57. The second-order valence-corrected chi connectivity index (χ2v) is 8.00. The molecule has 4 fully saturated rings. The Kier molecular flexibility index (Phi) is 3.40. The van der Waals surface area contributed by atoms with Gasteiger partial charge in [0.1, 0.15) is 5.78 Å². The molecule has 4 bridgehead atoms. The summed E-state index contributed by atoms with van der Waals surface area (Å²) in [6.45, 7) is 2.10. The molecule has 1 aromatic carbocycles. The van der Waals surface area contributed by atoms with Crippen molar-refractivity contribution in [2.24, 2.45) is 29.6 Å². The molecule has 1 nitrogen and oxygen atoms in total.